The van der Waals surface area contributed by atoms with Crippen molar-refractivity contribution in [3.8, 4) is 0 Å². The Kier molecular flexibility index (Phi) is 5.50. The minimum Gasteiger partial charge on any atom is -0.348 e. The van der Waals surface area contributed by atoms with Crippen LogP contribution in [0.25, 0.3) is 0 Å². The molecule has 0 spiro atoms. The first-order chi connectivity index (χ1) is 11.6. The summed E-state index contributed by atoms with van der Waals surface area (Å²) in [7, 11) is 4.23. The number of nitrogens with zero attached hydrogens (tertiary/aromatic N) is 4. The van der Waals surface area contributed by atoms with E-state index in [1.54, 1.807) is 0 Å². The van der Waals surface area contributed by atoms with Crippen molar-refractivity contribution >= 4 is 5.91 Å². The van der Waals surface area contributed by atoms with Crippen LogP contribution in [-0.4, -0.2) is 65.1 Å². The Morgan fingerprint density at radius 3 is 2.71 bits per heavy atom. The molecule has 1 amide bonds. The molecule has 7 nitrogen and oxygen atoms in total. The van der Waals surface area contributed by atoms with Crippen molar-refractivity contribution in [1.82, 2.24) is 30.5 Å². The van der Waals surface area contributed by atoms with E-state index in [9.17, 15) is 4.79 Å². The normalized spacial score (nSPS) is 25.8. The van der Waals surface area contributed by atoms with Gasteiger partial charge >= 0.3 is 0 Å². The van der Waals surface area contributed by atoms with E-state index in [1.807, 2.05) is 11.6 Å². The molecular formula is C17H30N6O. The molecule has 2 aliphatic rings. The van der Waals surface area contributed by atoms with E-state index in [4.69, 9.17) is 0 Å². The number of hydrogen-bond donors (Lipinski definition) is 2. The first-order valence-electron chi connectivity index (χ1n) is 9.16. The van der Waals surface area contributed by atoms with E-state index in [0.29, 0.717) is 17.8 Å². The highest BCUT2D eigenvalue weighted by Gasteiger charge is 2.27. The average Bonchev–Trinajstić information content (AvgIpc) is 2.97. The molecule has 24 heavy (non-hydrogen) atoms. The van der Waals surface area contributed by atoms with Crippen molar-refractivity contribution < 1.29 is 4.79 Å². The number of carbonyl (C=O) groups is 1. The molecule has 1 aliphatic heterocycles. The lowest BCUT2D eigenvalue weighted by Gasteiger charge is -2.33. The van der Waals surface area contributed by atoms with E-state index in [0.717, 1.165) is 50.9 Å². The van der Waals surface area contributed by atoms with E-state index in [-0.39, 0.29) is 11.9 Å². The van der Waals surface area contributed by atoms with Crippen LogP contribution in [0.15, 0.2) is 0 Å². The Bertz CT molecular complexity index is 563. The predicted octanol–water partition coefficient (Wildman–Crippen LogP) is 1.11. The minimum atomic E-state index is -0.0721. The number of amides is 1. The Morgan fingerprint density at radius 1 is 1.25 bits per heavy atom. The molecule has 2 N–H and O–H groups in total. The number of aromatic nitrogens is 3. The summed E-state index contributed by atoms with van der Waals surface area (Å²) in [6.45, 7) is 3.96. The van der Waals surface area contributed by atoms with Crippen molar-refractivity contribution in [1.29, 1.82) is 0 Å². The van der Waals surface area contributed by atoms with E-state index < -0.39 is 0 Å². The SMILES string of the molecule is Cc1c(C(=O)NC2CCCC(N(C)C)C2)nnn1C1CCNCC1. The fourth-order valence-electron chi connectivity index (χ4n) is 3.97. The molecule has 2 fully saturated rings. The van der Waals surface area contributed by atoms with E-state index in [2.05, 4.69) is 39.9 Å². The fraction of sp³-hybridized carbons (Fsp3) is 0.824. The van der Waals surface area contributed by atoms with Gasteiger partial charge in [-0.15, -0.1) is 5.10 Å². The molecule has 7 heteroatoms. The van der Waals surface area contributed by atoms with Gasteiger partial charge in [0.25, 0.3) is 5.91 Å². The summed E-state index contributed by atoms with van der Waals surface area (Å²) in [6, 6.07) is 1.14. The highest BCUT2D eigenvalue weighted by molar-refractivity contribution is 5.93. The average molecular weight is 334 g/mol. The van der Waals surface area contributed by atoms with Gasteiger partial charge in [0.2, 0.25) is 0 Å². The molecule has 1 aromatic heterocycles. The third-order valence-corrected chi connectivity index (χ3v) is 5.51. The van der Waals surface area contributed by atoms with Gasteiger partial charge in [-0.3, -0.25) is 4.79 Å². The van der Waals surface area contributed by atoms with E-state index in [1.165, 1.54) is 6.42 Å². The minimum absolute atomic E-state index is 0.0721. The summed E-state index contributed by atoms with van der Waals surface area (Å²) in [5, 5.41) is 15.0. The lowest BCUT2D eigenvalue weighted by molar-refractivity contribution is 0.0905. The second-order valence-electron chi connectivity index (χ2n) is 7.40. The van der Waals surface area contributed by atoms with Crippen molar-refractivity contribution in [2.75, 3.05) is 27.2 Å². The Labute approximate surface area is 144 Å². The van der Waals surface area contributed by atoms with Crippen LogP contribution in [0.1, 0.15) is 60.7 Å². The molecule has 134 valence electrons. The van der Waals surface area contributed by atoms with Crippen molar-refractivity contribution in [2.45, 2.75) is 63.6 Å². The Balaban J connectivity index is 1.64. The summed E-state index contributed by atoms with van der Waals surface area (Å²) in [6.07, 6.45) is 6.52. The van der Waals surface area contributed by atoms with Gasteiger partial charge in [0.1, 0.15) is 0 Å². The van der Waals surface area contributed by atoms with Gasteiger partial charge in [0.05, 0.1) is 11.7 Å². The van der Waals surface area contributed by atoms with Crippen LogP contribution in [0.5, 0.6) is 0 Å². The van der Waals surface area contributed by atoms with Crippen LogP contribution in [-0.2, 0) is 0 Å². The highest BCUT2D eigenvalue weighted by Crippen LogP contribution is 2.23. The van der Waals surface area contributed by atoms with Crippen LogP contribution in [0, 0.1) is 6.92 Å². The summed E-state index contributed by atoms with van der Waals surface area (Å²) in [4.78, 5) is 14.9. The second kappa shape index (κ2) is 7.61. The standard InChI is InChI=1S/C17H30N6O/c1-12-16(20-21-23(12)14-7-9-18-10-8-14)17(24)19-13-5-4-6-15(11-13)22(2)3/h13-15,18H,4-11H2,1-3H3,(H,19,24). The Morgan fingerprint density at radius 2 is 2.00 bits per heavy atom. The van der Waals surface area contributed by atoms with Crippen LogP contribution in [0.4, 0.5) is 0 Å². The predicted molar refractivity (Wildman–Crippen MR) is 93.1 cm³/mol. The third-order valence-electron chi connectivity index (χ3n) is 5.51. The summed E-state index contributed by atoms with van der Waals surface area (Å²) >= 11 is 0. The summed E-state index contributed by atoms with van der Waals surface area (Å²) in [5.74, 6) is -0.0721. The maximum Gasteiger partial charge on any atom is 0.273 e. The third kappa shape index (κ3) is 3.78. The molecule has 0 aromatic carbocycles. The smallest absolute Gasteiger partial charge is 0.273 e. The van der Waals surface area contributed by atoms with Crippen molar-refractivity contribution in [3.05, 3.63) is 11.4 Å². The lowest BCUT2D eigenvalue weighted by atomic mass is 9.90. The molecular weight excluding hydrogens is 304 g/mol. The quantitative estimate of drug-likeness (QED) is 0.863. The molecule has 1 aliphatic carbocycles. The van der Waals surface area contributed by atoms with Crippen LogP contribution in [0.2, 0.25) is 0 Å². The summed E-state index contributed by atoms with van der Waals surface area (Å²) in [5.41, 5.74) is 1.37. The number of hydrogen-bond acceptors (Lipinski definition) is 5. The van der Waals surface area contributed by atoms with Gasteiger partial charge < -0.3 is 15.5 Å². The number of rotatable bonds is 4. The molecule has 2 atom stereocenters. The molecule has 3 rings (SSSR count). The monoisotopic (exact) mass is 334 g/mol. The first-order valence-corrected chi connectivity index (χ1v) is 9.16. The van der Waals surface area contributed by atoms with Gasteiger partial charge in [-0.1, -0.05) is 5.21 Å². The topological polar surface area (TPSA) is 75.1 Å². The number of piperidine rings is 1. The molecule has 0 radical (unpaired) electrons. The van der Waals surface area contributed by atoms with Crippen LogP contribution in [0.3, 0.4) is 0 Å². The number of carbonyl (C=O) groups excluding carboxylic acids is 1. The molecule has 2 unspecified atom stereocenters. The first kappa shape index (κ1) is 17.4. The van der Waals surface area contributed by atoms with Gasteiger partial charge in [0, 0.05) is 12.1 Å². The maximum atomic E-state index is 12.7. The van der Waals surface area contributed by atoms with Gasteiger partial charge in [-0.05, 0) is 72.6 Å². The molecule has 0 bridgehead atoms. The molecule has 1 aromatic rings. The zero-order chi connectivity index (χ0) is 17.1. The van der Waals surface area contributed by atoms with Crippen LogP contribution >= 0.6 is 0 Å². The Hall–Kier alpha value is -1.47. The zero-order valence-corrected chi connectivity index (χ0v) is 15.1. The molecule has 1 saturated carbocycles. The van der Waals surface area contributed by atoms with E-state index >= 15 is 0 Å². The lowest BCUT2D eigenvalue weighted by Crippen LogP contribution is -2.44. The number of nitrogens with one attached hydrogen (secondary N) is 2. The second-order valence-corrected chi connectivity index (χ2v) is 7.40. The largest absolute Gasteiger partial charge is 0.348 e. The van der Waals surface area contributed by atoms with Gasteiger partial charge in [-0.25, -0.2) is 4.68 Å². The maximum absolute atomic E-state index is 12.7. The fourth-order valence-corrected chi connectivity index (χ4v) is 3.97. The highest BCUT2D eigenvalue weighted by atomic mass is 16.2. The van der Waals surface area contributed by atoms with Gasteiger partial charge in [-0.2, -0.15) is 0 Å². The summed E-state index contributed by atoms with van der Waals surface area (Å²) < 4.78 is 1.94. The molecule has 1 saturated heterocycles. The van der Waals surface area contributed by atoms with Crippen molar-refractivity contribution in [3.63, 3.8) is 0 Å². The van der Waals surface area contributed by atoms with Crippen LogP contribution < -0.4 is 10.6 Å². The van der Waals surface area contributed by atoms with Crippen molar-refractivity contribution in [2.24, 2.45) is 0 Å². The molecule has 2 heterocycles. The zero-order valence-electron chi connectivity index (χ0n) is 15.1. The van der Waals surface area contributed by atoms with Gasteiger partial charge in [0.15, 0.2) is 5.69 Å².